The van der Waals surface area contributed by atoms with Gasteiger partial charge in [-0.2, -0.15) is 0 Å². The maximum absolute atomic E-state index is 11.3. The van der Waals surface area contributed by atoms with Crippen molar-refractivity contribution in [3.05, 3.63) is 65.4 Å². The number of nitrogens with zero attached hydrogens (tertiary/aromatic N) is 2. The number of aliphatic imine (C=N–C) groups is 1. The van der Waals surface area contributed by atoms with Crippen molar-refractivity contribution in [2.45, 2.75) is 13.5 Å². The molecule has 0 saturated heterocycles. The van der Waals surface area contributed by atoms with Crippen molar-refractivity contribution >= 4 is 34.7 Å². The number of hydrogen-bond acceptors (Lipinski definition) is 3. The van der Waals surface area contributed by atoms with Crippen molar-refractivity contribution in [3.63, 3.8) is 0 Å². The molecule has 0 atom stereocenters. The monoisotopic (exact) mass is 335 g/mol. The number of carboxylic acids is 1. The molecule has 6 heteroatoms. The van der Waals surface area contributed by atoms with Crippen molar-refractivity contribution < 1.29 is 14.7 Å². The Labute approximate surface area is 144 Å². The lowest BCUT2D eigenvalue weighted by Crippen LogP contribution is -2.17. The number of para-hydroxylation sites is 1. The molecule has 0 unspecified atom stereocenters. The van der Waals surface area contributed by atoms with Crippen molar-refractivity contribution in [2.75, 3.05) is 0 Å². The van der Waals surface area contributed by atoms with Crippen LogP contribution in [0.1, 0.15) is 21.5 Å². The largest absolute Gasteiger partial charge is 0.478 e. The van der Waals surface area contributed by atoms with Crippen LogP contribution in [-0.4, -0.2) is 27.8 Å². The minimum absolute atomic E-state index is 0.0979. The Hall–Kier alpha value is -3.41. The number of aryl methyl sites for hydroxylation is 1. The molecule has 25 heavy (non-hydrogen) atoms. The highest BCUT2D eigenvalue weighted by molar-refractivity contribution is 6.00. The van der Waals surface area contributed by atoms with Crippen LogP contribution in [0.15, 0.2) is 53.7 Å². The fourth-order valence-corrected chi connectivity index (χ4v) is 2.75. The van der Waals surface area contributed by atoms with Gasteiger partial charge in [0.2, 0.25) is 5.91 Å². The summed E-state index contributed by atoms with van der Waals surface area (Å²) in [6.07, 6.45) is 3.54. The van der Waals surface area contributed by atoms with Crippen LogP contribution in [0.2, 0.25) is 0 Å². The van der Waals surface area contributed by atoms with Crippen molar-refractivity contribution in [3.8, 4) is 0 Å². The predicted octanol–water partition coefficient (Wildman–Crippen LogP) is 2.88. The van der Waals surface area contributed by atoms with Crippen LogP contribution in [0.3, 0.4) is 0 Å². The van der Waals surface area contributed by atoms with Gasteiger partial charge in [0.15, 0.2) is 0 Å². The topological polar surface area (TPSA) is 97.7 Å². The maximum atomic E-state index is 11.3. The average Bonchev–Trinajstić information content (AvgIpc) is 2.91. The fourth-order valence-electron chi connectivity index (χ4n) is 2.75. The van der Waals surface area contributed by atoms with Crippen LogP contribution in [-0.2, 0) is 11.3 Å². The van der Waals surface area contributed by atoms with E-state index in [0.717, 1.165) is 22.0 Å². The van der Waals surface area contributed by atoms with Crippen LogP contribution in [0.25, 0.3) is 10.9 Å². The zero-order valence-electron chi connectivity index (χ0n) is 13.6. The zero-order chi connectivity index (χ0) is 18.0. The molecule has 126 valence electrons. The van der Waals surface area contributed by atoms with Gasteiger partial charge in [-0.15, -0.1) is 0 Å². The average molecular weight is 335 g/mol. The first kappa shape index (κ1) is 16.4. The lowest BCUT2D eigenvalue weighted by molar-refractivity contribution is -0.118. The van der Waals surface area contributed by atoms with Crippen LogP contribution < -0.4 is 5.73 Å². The van der Waals surface area contributed by atoms with Gasteiger partial charge < -0.3 is 15.4 Å². The number of carbonyl (C=O) groups is 2. The molecule has 0 aliphatic carbocycles. The smallest absolute Gasteiger partial charge is 0.335 e. The van der Waals surface area contributed by atoms with Gasteiger partial charge in [0, 0.05) is 28.9 Å². The maximum Gasteiger partial charge on any atom is 0.335 e. The van der Waals surface area contributed by atoms with E-state index >= 15 is 0 Å². The number of fused-ring (bicyclic) bond motifs is 1. The molecule has 6 nitrogen and oxygen atoms in total. The van der Waals surface area contributed by atoms with E-state index in [0.29, 0.717) is 5.69 Å². The molecular formula is C19H17N3O3. The quantitative estimate of drug-likeness (QED) is 0.701. The summed E-state index contributed by atoms with van der Waals surface area (Å²) in [5.74, 6) is -1.38. The molecule has 3 aromatic rings. The number of rotatable bonds is 5. The first-order chi connectivity index (χ1) is 12.0. The van der Waals surface area contributed by atoms with Crippen molar-refractivity contribution in [1.82, 2.24) is 4.57 Å². The molecule has 3 N–H and O–H groups in total. The molecule has 0 aliphatic rings. The highest BCUT2D eigenvalue weighted by Gasteiger charge is 2.09. The van der Waals surface area contributed by atoms with Crippen LogP contribution >= 0.6 is 0 Å². The van der Waals surface area contributed by atoms with E-state index in [1.165, 1.54) is 6.07 Å². The normalized spacial score (nSPS) is 11.2. The minimum atomic E-state index is -0.965. The Balaban J connectivity index is 1.99. The lowest BCUT2D eigenvalue weighted by atomic mass is 10.1. The second-order valence-corrected chi connectivity index (χ2v) is 5.76. The lowest BCUT2D eigenvalue weighted by Gasteiger charge is -2.01. The molecule has 0 bridgehead atoms. The van der Waals surface area contributed by atoms with E-state index in [1.807, 2.05) is 37.4 Å². The summed E-state index contributed by atoms with van der Waals surface area (Å²) < 4.78 is 1.79. The standard InChI is InChI=1S/C19H17N3O3/c1-12-8-13(19(24)25)6-7-16(12)21-9-14-10-22(11-18(20)23)17-5-3-2-4-15(14)17/h2-10H,11H2,1H3,(H2,20,23)(H,24,25). The Morgan fingerprint density at radius 3 is 2.68 bits per heavy atom. The minimum Gasteiger partial charge on any atom is -0.478 e. The summed E-state index contributed by atoms with van der Waals surface area (Å²) in [7, 11) is 0. The van der Waals surface area contributed by atoms with Gasteiger partial charge in [-0.3, -0.25) is 9.79 Å². The second kappa shape index (κ2) is 6.60. The number of hydrogen-bond donors (Lipinski definition) is 2. The van der Waals surface area contributed by atoms with Gasteiger partial charge in [-0.1, -0.05) is 18.2 Å². The third-order valence-corrected chi connectivity index (χ3v) is 3.93. The summed E-state index contributed by atoms with van der Waals surface area (Å²) in [6, 6.07) is 12.5. The van der Waals surface area contributed by atoms with E-state index in [4.69, 9.17) is 10.8 Å². The molecule has 2 aromatic carbocycles. The number of aromatic nitrogens is 1. The zero-order valence-corrected chi connectivity index (χ0v) is 13.6. The van der Waals surface area contributed by atoms with E-state index in [9.17, 15) is 9.59 Å². The highest BCUT2D eigenvalue weighted by atomic mass is 16.4. The molecular weight excluding hydrogens is 318 g/mol. The Kier molecular flexibility index (Phi) is 4.35. The number of nitrogens with two attached hydrogens (primary N) is 1. The first-order valence-electron chi connectivity index (χ1n) is 7.70. The van der Waals surface area contributed by atoms with Gasteiger partial charge in [0.1, 0.15) is 6.54 Å². The summed E-state index contributed by atoms with van der Waals surface area (Å²) in [5, 5.41) is 9.99. The van der Waals surface area contributed by atoms with E-state index in [1.54, 1.807) is 22.9 Å². The molecule has 1 heterocycles. The molecule has 0 aliphatic heterocycles. The molecule has 1 amide bonds. The van der Waals surface area contributed by atoms with Gasteiger partial charge in [-0.25, -0.2) is 4.79 Å². The third-order valence-electron chi connectivity index (χ3n) is 3.93. The second-order valence-electron chi connectivity index (χ2n) is 5.76. The SMILES string of the molecule is Cc1cc(C(=O)O)ccc1N=Cc1cn(CC(N)=O)c2ccccc12. The molecule has 0 spiro atoms. The third kappa shape index (κ3) is 3.42. The Bertz CT molecular complexity index is 1000. The van der Waals surface area contributed by atoms with Gasteiger partial charge in [-0.05, 0) is 36.8 Å². The number of primary amides is 1. The van der Waals surface area contributed by atoms with E-state index < -0.39 is 11.9 Å². The molecule has 0 fully saturated rings. The number of benzene rings is 2. The van der Waals surface area contributed by atoms with Crippen LogP contribution in [0.5, 0.6) is 0 Å². The summed E-state index contributed by atoms with van der Waals surface area (Å²) in [6.45, 7) is 1.91. The number of carboxylic acid groups (broad SMARTS) is 1. The molecule has 0 saturated carbocycles. The van der Waals surface area contributed by atoms with Gasteiger partial charge in [0.05, 0.1) is 11.3 Å². The van der Waals surface area contributed by atoms with Gasteiger partial charge >= 0.3 is 5.97 Å². The predicted molar refractivity (Wildman–Crippen MR) is 96.5 cm³/mol. The number of amides is 1. The van der Waals surface area contributed by atoms with Crippen LogP contribution in [0, 0.1) is 6.92 Å². The summed E-state index contributed by atoms with van der Waals surface area (Å²) in [5.41, 5.74) is 8.77. The van der Waals surface area contributed by atoms with Crippen molar-refractivity contribution in [1.29, 1.82) is 0 Å². The molecule has 3 rings (SSSR count). The molecule has 1 aromatic heterocycles. The summed E-state index contributed by atoms with van der Waals surface area (Å²) >= 11 is 0. The molecule has 0 radical (unpaired) electrons. The van der Waals surface area contributed by atoms with E-state index in [2.05, 4.69) is 4.99 Å². The van der Waals surface area contributed by atoms with Crippen LogP contribution in [0.4, 0.5) is 5.69 Å². The highest BCUT2D eigenvalue weighted by Crippen LogP contribution is 2.23. The Morgan fingerprint density at radius 1 is 1.24 bits per heavy atom. The first-order valence-corrected chi connectivity index (χ1v) is 7.70. The number of aromatic carboxylic acids is 1. The Morgan fingerprint density at radius 2 is 2.00 bits per heavy atom. The number of carbonyl (C=O) groups excluding carboxylic acids is 1. The van der Waals surface area contributed by atoms with Crippen molar-refractivity contribution in [2.24, 2.45) is 10.7 Å². The van der Waals surface area contributed by atoms with E-state index in [-0.39, 0.29) is 12.1 Å². The summed E-state index contributed by atoms with van der Waals surface area (Å²) in [4.78, 5) is 26.7. The fraction of sp³-hybridized carbons (Fsp3) is 0.105. The van der Waals surface area contributed by atoms with Gasteiger partial charge in [0.25, 0.3) is 0 Å².